The Labute approximate surface area is 162 Å². The van der Waals surface area contributed by atoms with Crippen LogP contribution in [0, 0.1) is 13.8 Å². The summed E-state index contributed by atoms with van der Waals surface area (Å²) in [5.41, 5.74) is 2.19. The Balaban J connectivity index is 1.75. The van der Waals surface area contributed by atoms with Gasteiger partial charge in [0.1, 0.15) is 0 Å². The van der Waals surface area contributed by atoms with Gasteiger partial charge in [0, 0.05) is 23.0 Å². The average molecular weight is 411 g/mol. The molecule has 1 heterocycles. The Bertz CT molecular complexity index is 1040. The zero-order valence-corrected chi connectivity index (χ0v) is 16.4. The quantitative estimate of drug-likeness (QED) is 0.581. The van der Waals surface area contributed by atoms with E-state index in [1.807, 2.05) is 13.8 Å². The van der Waals surface area contributed by atoms with Crippen molar-refractivity contribution in [1.82, 2.24) is 4.57 Å². The van der Waals surface area contributed by atoms with E-state index in [0.717, 1.165) is 30.3 Å². The van der Waals surface area contributed by atoms with Crippen molar-refractivity contribution in [2.24, 2.45) is 5.14 Å². The molecule has 0 radical (unpaired) electrons. The fourth-order valence-electron chi connectivity index (χ4n) is 3.08. The Kier molecular flexibility index (Phi) is 5.16. The number of carbonyl (C=O) groups excluding carboxylic acids is 2. The monoisotopic (exact) mass is 410 g/mol. The lowest BCUT2D eigenvalue weighted by Crippen LogP contribution is -2.17. The lowest BCUT2D eigenvalue weighted by Gasteiger charge is -2.09. The van der Waals surface area contributed by atoms with E-state index in [9.17, 15) is 18.0 Å². The predicted molar refractivity (Wildman–Crippen MR) is 99.6 cm³/mol. The molecule has 0 saturated heterocycles. The standard InChI is InChI=1S/C18H19ClN2O5S/c1-10-7-14(11(2)21(10)12-3-4-12)17(22)9-26-18(23)15-8-13(27(20,24)25)5-6-16(15)19/h5-8,12H,3-4,9H2,1-2H3,(H2,20,24,25). The van der Waals surface area contributed by atoms with Crippen molar-refractivity contribution >= 4 is 33.4 Å². The first-order valence-corrected chi connectivity index (χ1v) is 10.2. The molecular formula is C18H19ClN2O5S. The number of esters is 1. The van der Waals surface area contributed by atoms with E-state index in [4.69, 9.17) is 21.5 Å². The van der Waals surface area contributed by atoms with Crippen LogP contribution in [0.25, 0.3) is 0 Å². The number of Topliss-reactive ketones (excluding diaryl/α,β-unsaturated/α-hetero) is 1. The van der Waals surface area contributed by atoms with Gasteiger partial charge >= 0.3 is 5.97 Å². The Hall–Kier alpha value is -2.16. The largest absolute Gasteiger partial charge is 0.454 e. The molecule has 0 unspecified atom stereocenters. The van der Waals surface area contributed by atoms with Gasteiger partial charge in [0.15, 0.2) is 6.61 Å². The minimum Gasteiger partial charge on any atom is -0.454 e. The zero-order valence-electron chi connectivity index (χ0n) is 14.9. The van der Waals surface area contributed by atoms with E-state index >= 15 is 0 Å². The highest BCUT2D eigenvalue weighted by Crippen LogP contribution is 2.38. The molecule has 1 aromatic heterocycles. The van der Waals surface area contributed by atoms with Crippen LogP contribution in [-0.4, -0.2) is 31.3 Å². The molecule has 0 bridgehead atoms. The number of nitrogens with zero attached hydrogens (tertiary/aromatic N) is 1. The fraction of sp³-hybridized carbons (Fsp3) is 0.333. The number of sulfonamides is 1. The topological polar surface area (TPSA) is 108 Å². The van der Waals surface area contributed by atoms with Crippen LogP contribution < -0.4 is 5.14 Å². The van der Waals surface area contributed by atoms with Gasteiger partial charge in [0.05, 0.1) is 15.5 Å². The van der Waals surface area contributed by atoms with E-state index < -0.39 is 22.6 Å². The third-order valence-electron chi connectivity index (χ3n) is 4.52. The van der Waals surface area contributed by atoms with Crippen molar-refractivity contribution in [2.45, 2.75) is 37.6 Å². The summed E-state index contributed by atoms with van der Waals surface area (Å²) in [5, 5.41) is 5.06. The van der Waals surface area contributed by atoms with Gasteiger partial charge in [-0.3, -0.25) is 4.79 Å². The lowest BCUT2D eigenvalue weighted by atomic mass is 10.1. The van der Waals surface area contributed by atoms with Crippen LogP contribution in [-0.2, 0) is 14.8 Å². The molecule has 9 heteroatoms. The van der Waals surface area contributed by atoms with Crippen molar-refractivity contribution in [3.63, 3.8) is 0 Å². The number of ether oxygens (including phenoxy) is 1. The first-order chi connectivity index (χ1) is 12.6. The first kappa shape index (κ1) is 19.6. The van der Waals surface area contributed by atoms with Crippen molar-refractivity contribution in [3.05, 3.63) is 51.8 Å². The minimum absolute atomic E-state index is 0.00626. The molecule has 0 aliphatic heterocycles. The molecule has 1 saturated carbocycles. The summed E-state index contributed by atoms with van der Waals surface area (Å²) < 4.78 is 30.0. The number of rotatable bonds is 6. The molecular weight excluding hydrogens is 392 g/mol. The van der Waals surface area contributed by atoms with E-state index in [0.29, 0.717) is 11.6 Å². The number of halogens is 1. The molecule has 0 atom stereocenters. The second-order valence-corrected chi connectivity index (χ2v) is 8.54. The van der Waals surface area contributed by atoms with Gasteiger partial charge in [0.25, 0.3) is 0 Å². The summed E-state index contributed by atoms with van der Waals surface area (Å²) >= 11 is 5.94. The van der Waals surface area contributed by atoms with Crippen LogP contribution in [0.3, 0.4) is 0 Å². The molecule has 144 valence electrons. The van der Waals surface area contributed by atoms with Crippen LogP contribution >= 0.6 is 11.6 Å². The van der Waals surface area contributed by atoms with Crippen molar-refractivity contribution in [2.75, 3.05) is 6.61 Å². The first-order valence-electron chi connectivity index (χ1n) is 8.30. The molecule has 0 spiro atoms. The molecule has 2 N–H and O–H groups in total. The summed E-state index contributed by atoms with van der Waals surface area (Å²) in [6.45, 7) is 3.34. The second kappa shape index (κ2) is 7.10. The van der Waals surface area contributed by atoms with Gasteiger partial charge in [-0.05, 0) is 51.0 Å². The predicted octanol–water partition coefficient (Wildman–Crippen LogP) is 2.78. The van der Waals surface area contributed by atoms with Crippen LogP contribution in [0.2, 0.25) is 5.02 Å². The number of hydrogen-bond donors (Lipinski definition) is 1. The molecule has 1 aromatic carbocycles. The highest BCUT2D eigenvalue weighted by atomic mass is 35.5. The Morgan fingerprint density at radius 3 is 2.48 bits per heavy atom. The van der Waals surface area contributed by atoms with E-state index in [1.165, 1.54) is 12.1 Å². The van der Waals surface area contributed by atoms with Crippen molar-refractivity contribution in [1.29, 1.82) is 0 Å². The molecule has 1 fully saturated rings. The van der Waals surface area contributed by atoms with Gasteiger partial charge < -0.3 is 9.30 Å². The van der Waals surface area contributed by atoms with Crippen molar-refractivity contribution < 1.29 is 22.7 Å². The maximum Gasteiger partial charge on any atom is 0.340 e. The zero-order chi connectivity index (χ0) is 19.9. The molecule has 7 nitrogen and oxygen atoms in total. The fourth-order valence-corrected chi connectivity index (χ4v) is 3.81. The third-order valence-corrected chi connectivity index (χ3v) is 5.76. The summed E-state index contributed by atoms with van der Waals surface area (Å²) in [6, 6.07) is 5.69. The number of primary sulfonamides is 1. The van der Waals surface area contributed by atoms with Crippen LogP contribution in [0.4, 0.5) is 0 Å². The molecule has 2 aromatic rings. The number of ketones is 1. The number of benzene rings is 1. The maximum absolute atomic E-state index is 12.5. The highest BCUT2D eigenvalue weighted by Gasteiger charge is 2.28. The summed E-state index contributed by atoms with van der Waals surface area (Å²) in [6.07, 6.45) is 2.19. The Morgan fingerprint density at radius 1 is 1.22 bits per heavy atom. The number of carbonyl (C=O) groups is 2. The van der Waals surface area contributed by atoms with Crippen LogP contribution in [0.5, 0.6) is 0 Å². The molecule has 1 aliphatic rings. The smallest absolute Gasteiger partial charge is 0.340 e. The lowest BCUT2D eigenvalue weighted by molar-refractivity contribution is 0.0474. The average Bonchev–Trinajstić information content (AvgIpc) is 3.37. The van der Waals surface area contributed by atoms with Gasteiger partial charge in [-0.1, -0.05) is 11.6 Å². The normalized spacial score (nSPS) is 14.2. The van der Waals surface area contributed by atoms with Gasteiger partial charge in [-0.15, -0.1) is 0 Å². The number of aromatic nitrogens is 1. The summed E-state index contributed by atoms with van der Waals surface area (Å²) in [7, 11) is -4.00. The maximum atomic E-state index is 12.5. The van der Waals surface area contributed by atoms with Crippen LogP contribution in [0.15, 0.2) is 29.2 Å². The van der Waals surface area contributed by atoms with Gasteiger partial charge in [-0.2, -0.15) is 0 Å². The van der Waals surface area contributed by atoms with E-state index in [2.05, 4.69) is 4.57 Å². The molecule has 0 amide bonds. The van der Waals surface area contributed by atoms with Crippen LogP contribution in [0.1, 0.15) is 51.0 Å². The second-order valence-electron chi connectivity index (χ2n) is 6.57. The third kappa shape index (κ3) is 4.07. The van der Waals surface area contributed by atoms with E-state index in [1.54, 1.807) is 6.07 Å². The molecule has 27 heavy (non-hydrogen) atoms. The molecule has 1 aliphatic carbocycles. The van der Waals surface area contributed by atoms with Crippen molar-refractivity contribution in [3.8, 4) is 0 Å². The minimum atomic E-state index is -4.00. The Morgan fingerprint density at radius 2 is 1.89 bits per heavy atom. The number of nitrogens with two attached hydrogens (primary N) is 1. The summed E-state index contributed by atoms with van der Waals surface area (Å²) in [5.74, 6) is -1.23. The SMILES string of the molecule is Cc1cc(C(=O)COC(=O)c2cc(S(N)(=O)=O)ccc2Cl)c(C)n1C1CC1. The van der Waals surface area contributed by atoms with Gasteiger partial charge in [0.2, 0.25) is 15.8 Å². The van der Waals surface area contributed by atoms with E-state index in [-0.39, 0.29) is 21.3 Å². The molecule has 3 rings (SSSR count). The van der Waals surface area contributed by atoms with Gasteiger partial charge in [-0.25, -0.2) is 18.4 Å². The summed E-state index contributed by atoms with van der Waals surface area (Å²) in [4.78, 5) is 24.5. The number of aryl methyl sites for hydroxylation is 1. The number of hydrogen-bond acceptors (Lipinski definition) is 5. The highest BCUT2D eigenvalue weighted by molar-refractivity contribution is 7.89.